The number of rotatable bonds is 5. The molecule has 1 aromatic heterocycles. The summed E-state index contributed by atoms with van der Waals surface area (Å²) in [5.74, 6) is -0.508. The number of nitrogens with zero attached hydrogens (tertiary/aromatic N) is 2. The summed E-state index contributed by atoms with van der Waals surface area (Å²) < 4.78 is 65.3. The molecule has 210 valence electrons. The molecule has 3 N–H and O–H groups in total. The maximum Gasteiger partial charge on any atom is 0.435 e. The first-order valence-corrected chi connectivity index (χ1v) is 14.2. The molecule has 11 heteroatoms. The lowest BCUT2D eigenvalue weighted by atomic mass is 9.99. The molecule has 0 radical (unpaired) electrons. The molecule has 1 heterocycles. The van der Waals surface area contributed by atoms with Crippen molar-refractivity contribution in [2.75, 3.05) is 5.32 Å². The number of primary sulfonamides is 1. The number of carbonyl (C=O) groups excluding carboxylic acids is 1. The van der Waals surface area contributed by atoms with E-state index in [1.165, 1.54) is 41.1 Å². The number of amides is 1. The van der Waals surface area contributed by atoms with Crippen LogP contribution in [0.2, 0.25) is 0 Å². The third-order valence-corrected chi connectivity index (χ3v) is 7.78. The standard InChI is InChI=1S/C31H21F3N4O3S/c32-31(33,34)29-18-28(22-9-16-27-21(17-22)6-5-19-3-1-2-4-26(19)27)38(37-29)24-12-10-23(11-13-24)36-30(39)20-7-14-25(15-8-20)42(35,40)41/h1-18H,(H,36,39)(H2,35,40,41). The minimum absolute atomic E-state index is 0.128. The number of nitrogens with two attached hydrogens (primary N) is 1. The van der Waals surface area contributed by atoms with Crippen LogP contribution in [0.25, 0.3) is 38.5 Å². The fourth-order valence-electron chi connectivity index (χ4n) is 4.78. The van der Waals surface area contributed by atoms with Crippen LogP contribution in [0.15, 0.2) is 114 Å². The van der Waals surface area contributed by atoms with Gasteiger partial charge in [-0.15, -0.1) is 0 Å². The van der Waals surface area contributed by atoms with Crippen LogP contribution in [-0.2, 0) is 16.2 Å². The highest BCUT2D eigenvalue weighted by molar-refractivity contribution is 7.89. The molecule has 0 fully saturated rings. The van der Waals surface area contributed by atoms with Gasteiger partial charge >= 0.3 is 6.18 Å². The predicted molar refractivity (Wildman–Crippen MR) is 155 cm³/mol. The highest BCUT2D eigenvalue weighted by Crippen LogP contribution is 2.35. The van der Waals surface area contributed by atoms with Crippen molar-refractivity contribution in [3.8, 4) is 16.9 Å². The second-order valence-electron chi connectivity index (χ2n) is 9.62. The second-order valence-corrected chi connectivity index (χ2v) is 11.2. The lowest BCUT2D eigenvalue weighted by Gasteiger charge is -2.11. The van der Waals surface area contributed by atoms with Gasteiger partial charge in [-0.1, -0.05) is 48.5 Å². The molecule has 0 saturated heterocycles. The fraction of sp³-hybridized carbons (Fsp3) is 0.0323. The van der Waals surface area contributed by atoms with Gasteiger partial charge in [-0.2, -0.15) is 18.3 Å². The summed E-state index contributed by atoms with van der Waals surface area (Å²) in [5, 5.41) is 15.6. The summed E-state index contributed by atoms with van der Waals surface area (Å²) in [6.07, 6.45) is -4.65. The van der Waals surface area contributed by atoms with Gasteiger partial charge in [0.25, 0.3) is 5.91 Å². The molecule has 1 amide bonds. The molecule has 0 aliphatic heterocycles. The first kappa shape index (κ1) is 27.2. The number of hydrogen-bond donors (Lipinski definition) is 2. The Hall–Kier alpha value is -5.00. The van der Waals surface area contributed by atoms with E-state index in [1.54, 1.807) is 18.2 Å². The number of hydrogen-bond acceptors (Lipinski definition) is 4. The number of sulfonamides is 1. The van der Waals surface area contributed by atoms with Crippen LogP contribution in [-0.4, -0.2) is 24.1 Å². The predicted octanol–water partition coefficient (Wildman–Crippen LogP) is 6.76. The Balaban J connectivity index is 1.33. The number of halogens is 3. The Kier molecular flexibility index (Phi) is 6.55. The Bertz CT molecular complexity index is 2090. The molecule has 0 atom stereocenters. The number of alkyl halides is 3. The zero-order chi connectivity index (χ0) is 29.6. The van der Waals surface area contributed by atoms with E-state index in [0.29, 0.717) is 16.9 Å². The zero-order valence-corrected chi connectivity index (χ0v) is 22.4. The molecule has 42 heavy (non-hydrogen) atoms. The maximum atomic E-state index is 13.7. The van der Waals surface area contributed by atoms with Gasteiger partial charge in [0.15, 0.2) is 5.69 Å². The van der Waals surface area contributed by atoms with Crippen LogP contribution in [0.1, 0.15) is 16.1 Å². The van der Waals surface area contributed by atoms with Crippen LogP contribution in [0.4, 0.5) is 18.9 Å². The van der Waals surface area contributed by atoms with Crippen LogP contribution >= 0.6 is 0 Å². The molecular weight excluding hydrogens is 565 g/mol. The Morgan fingerprint density at radius 2 is 1.45 bits per heavy atom. The quantitative estimate of drug-likeness (QED) is 0.218. The van der Waals surface area contributed by atoms with E-state index in [-0.39, 0.29) is 16.2 Å². The van der Waals surface area contributed by atoms with Crippen LogP contribution in [0, 0.1) is 0 Å². The lowest BCUT2D eigenvalue weighted by molar-refractivity contribution is -0.141. The summed E-state index contributed by atoms with van der Waals surface area (Å²) >= 11 is 0. The van der Waals surface area contributed by atoms with Crippen molar-refractivity contribution in [2.24, 2.45) is 5.14 Å². The van der Waals surface area contributed by atoms with E-state index in [1.807, 2.05) is 48.5 Å². The molecule has 5 aromatic carbocycles. The van der Waals surface area contributed by atoms with E-state index in [4.69, 9.17) is 5.14 Å². The van der Waals surface area contributed by atoms with Gasteiger partial charge < -0.3 is 5.32 Å². The molecule has 0 aliphatic rings. The van der Waals surface area contributed by atoms with Gasteiger partial charge in [0, 0.05) is 16.8 Å². The highest BCUT2D eigenvalue weighted by Gasteiger charge is 2.35. The van der Waals surface area contributed by atoms with E-state index in [2.05, 4.69) is 10.4 Å². The third kappa shape index (κ3) is 5.22. The SMILES string of the molecule is NS(=O)(=O)c1ccc(C(=O)Nc2ccc(-n3nc(C(F)(F)F)cc3-c3ccc4c(ccc5ccccc54)c3)cc2)cc1. The average Bonchev–Trinajstić information content (AvgIpc) is 3.43. The smallest absolute Gasteiger partial charge is 0.322 e. The zero-order valence-electron chi connectivity index (χ0n) is 21.6. The molecular formula is C31H21F3N4O3S. The lowest BCUT2D eigenvalue weighted by Crippen LogP contribution is -2.14. The summed E-state index contributed by atoms with van der Waals surface area (Å²) in [7, 11) is -3.90. The van der Waals surface area contributed by atoms with Crippen molar-refractivity contribution < 1.29 is 26.4 Å². The van der Waals surface area contributed by atoms with E-state index < -0.39 is 27.8 Å². The van der Waals surface area contributed by atoms with Crippen LogP contribution in [0.3, 0.4) is 0 Å². The first-order valence-electron chi connectivity index (χ1n) is 12.6. The van der Waals surface area contributed by atoms with Gasteiger partial charge in [-0.25, -0.2) is 18.2 Å². The largest absolute Gasteiger partial charge is 0.435 e. The fourth-order valence-corrected chi connectivity index (χ4v) is 5.30. The summed E-state index contributed by atoms with van der Waals surface area (Å²) in [5.41, 5.74) is 0.706. The van der Waals surface area contributed by atoms with Crippen LogP contribution < -0.4 is 10.5 Å². The van der Waals surface area contributed by atoms with E-state index in [9.17, 15) is 26.4 Å². The van der Waals surface area contributed by atoms with E-state index >= 15 is 0 Å². The van der Waals surface area contributed by atoms with Gasteiger partial charge in [0.2, 0.25) is 10.0 Å². The number of benzene rings is 5. The second kappa shape index (κ2) is 10.1. The van der Waals surface area contributed by atoms with Crippen molar-refractivity contribution in [1.82, 2.24) is 9.78 Å². The molecule has 7 nitrogen and oxygen atoms in total. The Labute approximate surface area is 238 Å². The molecule has 0 saturated carbocycles. The Morgan fingerprint density at radius 3 is 2.14 bits per heavy atom. The first-order chi connectivity index (χ1) is 20.0. The molecule has 6 rings (SSSR count). The molecule has 0 unspecified atom stereocenters. The molecule has 0 aliphatic carbocycles. The number of fused-ring (bicyclic) bond motifs is 3. The summed E-state index contributed by atoms with van der Waals surface area (Å²) in [6.45, 7) is 0. The van der Waals surface area contributed by atoms with E-state index in [0.717, 1.165) is 27.6 Å². The van der Waals surface area contributed by atoms with Gasteiger partial charge in [-0.3, -0.25) is 4.79 Å². The van der Waals surface area contributed by atoms with Crippen molar-refractivity contribution in [3.05, 3.63) is 120 Å². The van der Waals surface area contributed by atoms with Gasteiger partial charge in [0.05, 0.1) is 16.3 Å². The topological polar surface area (TPSA) is 107 Å². The summed E-state index contributed by atoms with van der Waals surface area (Å²) in [4.78, 5) is 12.5. The highest BCUT2D eigenvalue weighted by atomic mass is 32.2. The monoisotopic (exact) mass is 586 g/mol. The Morgan fingerprint density at radius 1 is 0.786 bits per heavy atom. The third-order valence-electron chi connectivity index (χ3n) is 6.86. The minimum atomic E-state index is -4.65. The normalized spacial score (nSPS) is 12.1. The molecule has 0 spiro atoms. The van der Waals surface area contributed by atoms with Crippen molar-refractivity contribution in [1.29, 1.82) is 0 Å². The maximum absolute atomic E-state index is 13.7. The molecule has 0 bridgehead atoms. The average molecular weight is 587 g/mol. The number of carbonyl (C=O) groups is 1. The van der Waals surface area contributed by atoms with Crippen molar-refractivity contribution in [3.63, 3.8) is 0 Å². The van der Waals surface area contributed by atoms with Crippen LogP contribution in [0.5, 0.6) is 0 Å². The minimum Gasteiger partial charge on any atom is -0.322 e. The van der Waals surface area contributed by atoms with Crippen molar-refractivity contribution in [2.45, 2.75) is 11.1 Å². The molecule has 6 aromatic rings. The van der Waals surface area contributed by atoms with Gasteiger partial charge in [-0.05, 0) is 82.2 Å². The number of anilines is 1. The number of nitrogens with one attached hydrogen (secondary N) is 1. The van der Waals surface area contributed by atoms with Crippen molar-refractivity contribution >= 4 is 43.2 Å². The number of aromatic nitrogens is 2. The summed E-state index contributed by atoms with van der Waals surface area (Å²) in [6, 6.07) is 29.6. The van der Waals surface area contributed by atoms with Gasteiger partial charge in [0.1, 0.15) is 0 Å².